The molecule has 0 aliphatic rings. The number of aryl methyl sites for hydroxylation is 2. The maximum atomic E-state index is 12.1. The zero-order chi connectivity index (χ0) is 17.0. The number of carbonyl (C=O) groups is 1. The first-order chi connectivity index (χ1) is 10.8. The Hall–Kier alpha value is -1.70. The van der Waals surface area contributed by atoms with Crippen LogP contribution in [0.4, 0.5) is 5.69 Å². The number of hydrogen-bond donors (Lipinski definition) is 2. The van der Waals surface area contributed by atoms with Crippen LogP contribution in [0.2, 0.25) is 0 Å². The fourth-order valence-electron chi connectivity index (χ4n) is 1.92. The van der Waals surface area contributed by atoms with Crippen LogP contribution in [0, 0.1) is 13.8 Å². The van der Waals surface area contributed by atoms with E-state index in [2.05, 4.69) is 26.0 Å². The van der Waals surface area contributed by atoms with Crippen LogP contribution < -0.4 is 10.0 Å². The Bertz CT molecular complexity index is 818. The van der Waals surface area contributed by atoms with Gasteiger partial charge in [-0.3, -0.25) is 4.79 Å². The van der Waals surface area contributed by atoms with Crippen molar-refractivity contribution < 1.29 is 13.2 Å². The molecule has 2 N–H and O–H groups in total. The molecule has 0 unspecified atom stereocenters. The summed E-state index contributed by atoms with van der Waals surface area (Å²) in [7, 11) is -3.70. The Balaban J connectivity index is 1.99. The molecule has 0 radical (unpaired) electrons. The number of hydrogen-bond acceptors (Lipinski definition) is 3. The lowest BCUT2D eigenvalue weighted by molar-refractivity contribution is -0.115. The molecule has 1 amide bonds. The Morgan fingerprint density at radius 1 is 1.09 bits per heavy atom. The normalized spacial score (nSPS) is 11.3. The quantitative estimate of drug-likeness (QED) is 0.815. The smallest absolute Gasteiger partial charge is 0.241 e. The van der Waals surface area contributed by atoms with Gasteiger partial charge in [0.25, 0.3) is 0 Å². The van der Waals surface area contributed by atoms with E-state index in [0.29, 0.717) is 5.69 Å². The van der Waals surface area contributed by atoms with E-state index < -0.39 is 15.9 Å². The molecule has 0 bridgehead atoms. The second kappa shape index (κ2) is 7.25. The summed E-state index contributed by atoms with van der Waals surface area (Å²) in [4.78, 5) is 12.1. The van der Waals surface area contributed by atoms with E-state index in [-0.39, 0.29) is 11.4 Å². The molecule has 23 heavy (non-hydrogen) atoms. The molecule has 0 aliphatic carbocycles. The summed E-state index contributed by atoms with van der Waals surface area (Å²) in [5.74, 6) is -0.425. The Morgan fingerprint density at radius 2 is 1.74 bits per heavy atom. The summed E-state index contributed by atoms with van der Waals surface area (Å²) in [6.45, 7) is 3.40. The van der Waals surface area contributed by atoms with Crippen molar-refractivity contribution in [3.63, 3.8) is 0 Å². The van der Waals surface area contributed by atoms with Gasteiger partial charge in [-0.25, -0.2) is 13.1 Å². The molecule has 7 heteroatoms. The van der Waals surface area contributed by atoms with Gasteiger partial charge < -0.3 is 5.32 Å². The first-order valence-corrected chi connectivity index (χ1v) is 9.18. The van der Waals surface area contributed by atoms with Crippen molar-refractivity contribution in [2.75, 3.05) is 11.9 Å². The average Bonchev–Trinajstić information content (AvgIpc) is 2.49. The molecule has 2 aromatic carbocycles. The molecule has 2 aromatic rings. The molecule has 0 heterocycles. The topological polar surface area (TPSA) is 75.3 Å². The van der Waals surface area contributed by atoms with Gasteiger partial charge >= 0.3 is 0 Å². The molecule has 0 fully saturated rings. The molecule has 5 nitrogen and oxygen atoms in total. The minimum Gasteiger partial charge on any atom is -0.325 e. The van der Waals surface area contributed by atoms with E-state index in [9.17, 15) is 13.2 Å². The highest BCUT2D eigenvalue weighted by Crippen LogP contribution is 2.19. The molecule has 2 rings (SSSR count). The van der Waals surface area contributed by atoms with E-state index >= 15 is 0 Å². The molecule has 122 valence electrons. The number of sulfonamides is 1. The molecule has 0 saturated carbocycles. The lowest BCUT2D eigenvalue weighted by Crippen LogP contribution is -2.33. The summed E-state index contributed by atoms with van der Waals surface area (Å²) < 4.78 is 27.4. The van der Waals surface area contributed by atoms with Gasteiger partial charge in [-0.1, -0.05) is 33.6 Å². The van der Waals surface area contributed by atoms with Crippen molar-refractivity contribution in [3.05, 3.63) is 58.1 Å². The van der Waals surface area contributed by atoms with Crippen LogP contribution in [0.15, 0.2) is 51.8 Å². The molecule has 0 spiro atoms. The number of amides is 1. The third kappa shape index (κ3) is 4.89. The summed E-state index contributed by atoms with van der Waals surface area (Å²) in [6, 6.07) is 11.9. The standard InChI is InChI=1S/C16H17BrN2O3S/c1-11-3-6-14(7-4-11)23(21,22)18-10-16(20)19-15-8-5-13(17)9-12(15)2/h3-9,18H,10H2,1-2H3,(H,19,20). The van der Waals surface area contributed by atoms with E-state index in [1.807, 2.05) is 19.9 Å². The molecular weight excluding hydrogens is 380 g/mol. The number of benzene rings is 2. The fourth-order valence-corrected chi connectivity index (χ4v) is 3.38. The van der Waals surface area contributed by atoms with E-state index in [4.69, 9.17) is 0 Å². The lowest BCUT2D eigenvalue weighted by atomic mass is 10.2. The molecule has 0 atom stereocenters. The van der Waals surface area contributed by atoms with Crippen LogP contribution in [-0.4, -0.2) is 20.9 Å². The molecule has 0 aromatic heterocycles. The van der Waals surface area contributed by atoms with Crippen molar-refractivity contribution in [2.24, 2.45) is 0 Å². The van der Waals surface area contributed by atoms with Gasteiger partial charge in [0.05, 0.1) is 11.4 Å². The third-order valence-corrected chi connectivity index (χ3v) is 5.13. The van der Waals surface area contributed by atoms with Gasteiger partial charge in [-0.05, 0) is 49.7 Å². The number of halogens is 1. The molecule has 0 aliphatic heterocycles. The van der Waals surface area contributed by atoms with Crippen LogP contribution in [0.1, 0.15) is 11.1 Å². The number of anilines is 1. The van der Waals surface area contributed by atoms with Crippen LogP contribution in [-0.2, 0) is 14.8 Å². The summed E-state index contributed by atoms with van der Waals surface area (Å²) in [6.07, 6.45) is 0. The van der Waals surface area contributed by atoms with Crippen LogP contribution in [0.25, 0.3) is 0 Å². The minimum absolute atomic E-state index is 0.135. The Morgan fingerprint density at radius 3 is 2.35 bits per heavy atom. The predicted octanol–water partition coefficient (Wildman–Crippen LogP) is 2.98. The zero-order valence-electron chi connectivity index (χ0n) is 12.8. The monoisotopic (exact) mass is 396 g/mol. The van der Waals surface area contributed by atoms with E-state index in [0.717, 1.165) is 15.6 Å². The zero-order valence-corrected chi connectivity index (χ0v) is 15.2. The van der Waals surface area contributed by atoms with Gasteiger partial charge in [0.15, 0.2) is 0 Å². The highest BCUT2D eigenvalue weighted by molar-refractivity contribution is 9.10. The second-order valence-electron chi connectivity index (χ2n) is 5.15. The lowest BCUT2D eigenvalue weighted by Gasteiger charge is -2.10. The summed E-state index contributed by atoms with van der Waals surface area (Å²) in [5.41, 5.74) is 2.49. The van der Waals surface area contributed by atoms with Crippen molar-refractivity contribution in [2.45, 2.75) is 18.7 Å². The Labute approximate surface area is 144 Å². The molecule has 0 saturated heterocycles. The Kier molecular flexibility index (Phi) is 5.56. The average molecular weight is 397 g/mol. The number of rotatable bonds is 5. The van der Waals surface area contributed by atoms with Gasteiger partial charge in [0.1, 0.15) is 0 Å². The first-order valence-electron chi connectivity index (χ1n) is 6.90. The predicted molar refractivity (Wildman–Crippen MR) is 93.9 cm³/mol. The number of nitrogens with one attached hydrogen (secondary N) is 2. The molecular formula is C16H17BrN2O3S. The third-order valence-electron chi connectivity index (χ3n) is 3.22. The van der Waals surface area contributed by atoms with Crippen molar-refractivity contribution in [3.8, 4) is 0 Å². The van der Waals surface area contributed by atoms with Gasteiger partial charge in [0.2, 0.25) is 15.9 Å². The van der Waals surface area contributed by atoms with Crippen LogP contribution in [0.5, 0.6) is 0 Å². The van der Waals surface area contributed by atoms with E-state index in [1.54, 1.807) is 24.3 Å². The fraction of sp³-hybridized carbons (Fsp3) is 0.188. The second-order valence-corrected chi connectivity index (χ2v) is 7.83. The van der Waals surface area contributed by atoms with Gasteiger partial charge in [-0.2, -0.15) is 0 Å². The minimum atomic E-state index is -3.70. The van der Waals surface area contributed by atoms with Crippen molar-refractivity contribution >= 4 is 37.5 Å². The summed E-state index contributed by atoms with van der Waals surface area (Å²) >= 11 is 3.35. The maximum Gasteiger partial charge on any atom is 0.241 e. The maximum absolute atomic E-state index is 12.1. The highest BCUT2D eigenvalue weighted by atomic mass is 79.9. The van der Waals surface area contributed by atoms with Gasteiger partial charge in [0, 0.05) is 10.2 Å². The van der Waals surface area contributed by atoms with E-state index in [1.165, 1.54) is 12.1 Å². The van der Waals surface area contributed by atoms with Crippen LogP contribution in [0.3, 0.4) is 0 Å². The highest BCUT2D eigenvalue weighted by Gasteiger charge is 2.15. The summed E-state index contributed by atoms with van der Waals surface area (Å²) in [5, 5.41) is 2.68. The number of carbonyl (C=O) groups excluding carboxylic acids is 1. The van der Waals surface area contributed by atoms with Crippen LogP contribution >= 0.6 is 15.9 Å². The largest absolute Gasteiger partial charge is 0.325 e. The van der Waals surface area contributed by atoms with Gasteiger partial charge in [-0.15, -0.1) is 0 Å². The first kappa shape index (κ1) is 17.7. The van der Waals surface area contributed by atoms with Crippen molar-refractivity contribution in [1.82, 2.24) is 4.72 Å². The van der Waals surface area contributed by atoms with Crippen molar-refractivity contribution in [1.29, 1.82) is 0 Å². The SMILES string of the molecule is Cc1ccc(S(=O)(=O)NCC(=O)Nc2ccc(Br)cc2C)cc1.